The summed E-state index contributed by atoms with van der Waals surface area (Å²) < 4.78 is 10.9. The van der Waals surface area contributed by atoms with Crippen LogP contribution in [0.25, 0.3) is 0 Å². The monoisotopic (exact) mass is 277 g/mol. The van der Waals surface area contributed by atoms with Crippen molar-refractivity contribution in [2.75, 3.05) is 39.5 Å². The van der Waals surface area contributed by atoms with Crippen LogP contribution in [0.15, 0.2) is 29.3 Å². The molecule has 5 heteroatoms. The summed E-state index contributed by atoms with van der Waals surface area (Å²) in [5.41, 5.74) is 7.17. The highest BCUT2D eigenvalue weighted by molar-refractivity contribution is 5.78. The van der Waals surface area contributed by atoms with Gasteiger partial charge in [-0.05, 0) is 19.1 Å². The minimum absolute atomic E-state index is 0.614. The van der Waals surface area contributed by atoms with Gasteiger partial charge in [-0.15, -0.1) is 0 Å². The molecule has 2 rings (SSSR count). The predicted octanol–water partition coefficient (Wildman–Crippen LogP) is 1.41. The molecular formula is C15H23N3O2. The maximum absolute atomic E-state index is 5.94. The Morgan fingerprint density at radius 1 is 1.30 bits per heavy atom. The highest BCUT2D eigenvalue weighted by Gasteiger charge is 2.11. The summed E-state index contributed by atoms with van der Waals surface area (Å²) in [6.07, 6.45) is 0.860. The Bertz CT molecular complexity index is 425. The fourth-order valence-electron chi connectivity index (χ4n) is 1.98. The molecule has 1 heterocycles. The van der Waals surface area contributed by atoms with Gasteiger partial charge in [0.25, 0.3) is 0 Å². The average Bonchev–Trinajstić information content (AvgIpc) is 2.49. The van der Waals surface area contributed by atoms with E-state index in [1.165, 1.54) is 5.56 Å². The Hall–Kier alpha value is -1.75. The van der Waals surface area contributed by atoms with E-state index in [1.54, 1.807) is 0 Å². The van der Waals surface area contributed by atoms with Gasteiger partial charge >= 0.3 is 0 Å². The number of hydrogen-bond acceptors (Lipinski definition) is 3. The van der Waals surface area contributed by atoms with Crippen LogP contribution in [-0.2, 0) is 4.74 Å². The SMILES string of the molecule is Cc1ccc(OCCCN=C(N)N2CCOCC2)cc1. The fourth-order valence-corrected chi connectivity index (χ4v) is 1.98. The molecule has 0 aromatic heterocycles. The van der Waals surface area contributed by atoms with Crippen LogP contribution in [0.4, 0.5) is 0 Å². The highest BCUT2D eigenvalue weighted by atomic mass is 16.5. The van der Waals surface area contributed by atoms with Crippen LogP contribution < -0.4 is 10.5 Å². The van der Waals surface area contributed by atoms with Crippen molar-refractivity contribution in [3.05, 3.63) is 29.8 Å². The minimum Gasteiger partial charge on any atom is -0.494 e. The summed E-state index contributed by atoms with van der Waals surface area (Å²) in [6.45, 7) is 6.52. The summed E-state index contributed by atoms with van der Waals surface area (Å²) in [6, 6.07) is 8.06. The number of aryl methyl sites for hydroxylation is 1. The number of nitrogens with zero attached hydrogens (tertiary/aromatic N) is 2. The predicted molar refractivity (Wildman–Crippen MR) is 80.2 cm³/mol. The number of morpholine rings is 1. The number of guanidine groups is 1. The topological polar surface area (TPSA) is 60.1 Å². The van der Waals surface area contributed by atoms with E-state index in [0.29, 0.717) is 19.1 Å². The van der Waals surface area contributed by atoms with Crippen LogP contribution in [0.2, 0.25) is 0 Å². The molecule has 0 radical (unpaired) electrons. The maximum Gasteiger partial charge on any atom is 0.191 e. The molecule has 1 fully saturated rings. The lowest BCUT2D eigenvalue weighted by atomic mass is 10.2. The van der Waals surface area contributed by atoms with E-state index in [4.69, 9.17) is 15.2 Å². The average molecular weight is 277 g/mol. The van der Waals surface area contributed by atoms with Gasteiger partial charge in [0.05, 0.1) is 19.8 Å². The van der Waals surface area contributed by atoms with Crippen LogP contribution in [-0.4, -0.2) is 50.3 Å². The van der Waals surface area contributed by atoms with Gasteiger partial charge < -0.3 is 20.1 Å². The summed E-state index contributed by atoms with van der Waals surface area (Å²) >= 11 is 0. The van der Waals surface area contributed by atoms with Gasteiger partial charge in [-0.1, -0.05) is 17.7 Å². The first-order chi connectivity index (χ1) is 9.75. The smallest absolute Gasteiger partial charge is 0.191 e. The first kappa shape index (κ1) is 14.7. The molecule has 0 amide bonds. The van der Waals surface area contributed by atoms with Crippen molar-refractivity contribution in [3.8, 4) is 5.75 Å². The molecule has 0 unspecified atom stereocenters. The molecular weight excluding hydrogens is 254 g/mol. The number of nitrogens with two attached hydrogens (primary N) is 1. The van der Waals surface area contributed by atoms with E-state index < -0.39 is 0 Å². The van der Waals surface area contributed by atoms with Crippen molar-refractivity contribution < 1.29 is 9.47 Å². The third kappa shape index (κ3) is 4.74. The Morgan fingerprint density at radius 2 is 2.00 bits per heavy atom. The number of ether oxygens (including phenoxy) is 2. The number of hydrogen-bond donors (Lipinski definition) is 1. The molecule has 20 heavy (non-hydrogen) atoms. The lowest BCUT2D eigenvalue weighted by molar-refractivity contribution is 0.0674. The van der Waals surface area contributed by atoms with Gasteiger partial charge in [-0.2, -0.15) is 0 Å². The number of benzene rings is 1. The lowest BCUT2D eigenvalue weighted by Crippen LogP contribution is -2.44. The first-order valence-corrected chi connectivity index (χ1v) is 7.08. The third-order valence-electron chi connectivity index (χ3n) is 3.20. The molecule has 0 saturated carbocycles. The van der Waals surface area contributed by atoms with E-state index >= 15 is 0 Å². The molecule has 2 N–H and O–H groups in total. The summed E-state index contributed by atoms with van der Waals surface area (Å²) in [5.74, 6) is 1.52. The van der Waals surface area contributed by atoms with Gasteiger partial charge in [-0.25, -0.2) is 0 Å². The molecule has 0 bridgehead atoms. The minimum atomic E-state index is 0.614. The fraction of sp³-hybridized carbons (Fsp3) is 0.533. The quantitative estimate of drug-likeness (QED) is 0.502. The van der Waals surface area contributed by atoms with Crippen LogP contribution in [0.1, 0.15) is 12.0 Å². The zero-order chi connectivity index (χ0) is 14.2. The molecule has 0 aliphatic carbocycles. The van der Waals surface area contributed by atoms with E-state index in [9.17, 15) is 0 Å². The second-order valence-electron chi connectivity index (χ2n) is 4.85. The van der Waals surface area contributed by atoms with Crippen LogP contribution in [0.3, 0.4) is 0 Å². The molecule has 1 saturated heterocycles. The van der Waals surface area contributed by atoms with Gasteiger partial charge in [0.15, 0.2) is 5.96 Å². The van der Waals surface area contributed by atoms with Crippen molar-refractivity contribution in [2.45, 2.75) is 13.3 Å². The van der Waals surface area contributed by atoms with Gasteiger partial charge in [0, 0.05) is 26.1 Å². The second-order valence-corrected chi connectivity index (χ2v) is 4.85. The van der Waals surface area contributed by atoms with Crippen molar-refractivity contribution in [2.24, 2.45) is 10.7 Å². The molecule has 1 aromatic rings. The Labute approximate surface area is 120 Å². The van der Waals surface area contributed by atoms with Crippen LogP contribution >= 0.6 is 0 Å². The standard InChI is InChI=1S/C15H23N3O2/c1-13-3-5-14(6-4-13)20-10-2-7-17-15(16)18-8-11-19-12-9-18/h3-6H,2,7-12H2,1H3,(H2,16,17). The van der Waals surface area contributed by atoms with Gasteiger partial charge in [0.1, 0.15) is 5.75 Å². The molecule has 110 valence electrons. The normalized spacial score (nSPS) is 16.2. The zero-order valence-corrected chi connectivity index (χ0v) is 12.0. The van der Waals surface area contributed by atoms with Crippen LogP contribution in [0, 0.1) is 6.92 Å². The largest absolute Gasteiger partial charge is 0.494 e. The van der Waals surface area contributed by atoms with Gasteiger partial charge in [-0.3, -0.25) is 4.99 Å². The third-order valence-corrected chi connectivity index (χ3v) is 3.20. The summed E-state index contributed by atoms with van der Waals surface area (Å²) in [7, 11) is 0. The zero-order valence-electron chi connectivity index (χ0n) is 12.0. The van der Waals surface area contributed by atoms with E-state index in [0.717, 1.165) is 38.5 Å². The summed E-state index contributed by atoms with van der Waals surface area (Å²) in [4.78, 5) is 6.44. The molecule has 0 spiro atoms. The van der Waals surface area contributed by atoms with Gasteiger partial charge in [0.2, 0.25) is 0 Å². The summed E-state index contributed by atoms with van der Waals surface area (Å²) in [5, 5.41) is 0. The molecule has 0 atom stereocenters. The molecule has 1 aliphatic rings. The molecule has 1 aromatic carbocycles. The Kier molecular flexibility index (Phi) is 5.68. The first-order valence-electron chi connectivity index (χ1n) is 7.08. The molecule has 1 aliphatic heterocycles. The molecule has 5 nitrogen and oxygen atoms in total. The van der Waals surface area contributed by atoms with Crippen molar-refractivity contribution >= 4 is 5.96 Å². The van der Waals surface area contributed by atoms with E-state index in [2.05, 4.69) is 16.8 Å². The maximum atomic E-state index is 5.94. The Morgan fingerprint density at radius 3 is 2.70 bits per heavy atom. The number of rotatable bonds is 5. The van der Waals surface area contributed by atoms with E-state index in [1.807, 2.05) is 24.3 Å². The van der Waals surface area contributed by atoms with Crippen molar-refractivity contribution in [1.82, 2.24) is 4.90 Å². The highest BCUT2D eigenvalue weighted by Crippen LogP contribution is 2.11. The van der Waals surface area contributed by atoms with Crippen molar-refractivity contribution in [1.29, 1.82) is 0 Å². The van der Waals surface area contributed by atoms with Crippen LogP contribution in [0.5, 0.6) is 5.75 Å². The Balaban J connectivity index is 1.64. The van der Waals surface area contributed by atoms with Crippen molar-refractivity contribution in [3.63, 3.8) is 0 Å². The second kappa shape index (κ2) is 7.75. The van der Waals surface area contributed by atoms with E-state index in [-0.39, 0.29) is 0 Å². The number of aliphatic imine (C=N–C) groups is 1. The lowest BCUT2D eigenvalue weighted by Gasteiger charge is -2.27.